The number of nitro groups is 1. The summed E-state index contributed by atoms with van der Waals surface area (Å²) < 4.78 is 1.01. The van der Waals surface area contributed by atoms with E-state index in [1.54, 1.807) is 0 Å². The van der Waals surface area contributed by atoms with Crippen LogP contribution in [0.3, 0.4) is 0 Å². The number of aromatic nitrogens is 2. The molecular formula is C19H11ClN4O4S. The summed E-state index contributed by atoms with van der Waals surface area (Å²) >= 11 is 7.22. The van der Waals surface area contributed by atoms with Gasteiger partial charge in [-0.05, 0) is 11.6 Å². The Balaban J connectivity index is 1.81. The van der Waals surface area contributed by atoms with Crippen LogP contribution in [0.5, 0.6) is 5.75 Å². The maximum Gasteiger partial charge on any atom is 0.312 e. The molecule has 0 unspecified atom stereocenters. The van der Waals surface area contributed by atoms with Crippen molar-refractivity contribution in [3.05, 3.63) is 85.2 Å². The molecule has 4 aromatic rings. The lowest BCUT2D eigenvalue weighted by Gasteiger charge is -2.03. The van der Waals surface area contributed by atoms with Crippen LogP contribution in [0, 0.1) is 10.1 Å². The summed E-state index contributed by atoms with van der Waals surface area (Å²) in [6, 6.07) is 11.8. The molecule has 144 valence electrons. The van der Waals surface area contributed by atoms with Crippen molar-refractivity contribution in [1.82, 2.24) is 9.66 Å². The quantitative estimate of drug-likeness (QED) is 0.297. The van der Waals surface area contributed by atoms with Crippen LogP contribution >= 0.6 is 22.9 Å². The molecule has 2 aromatic heterocycles. The van der Waals surface area contributed by atoms with Gasteiger partial charge in [-0.2, -0.15) is 9.78 Å². The summed E-state index contributed by atoms with van der Waals surface area (Å²) in [5.41, 5.74) is 0.674. The number of halogens is 1. The highest BCUT2D eigenvalue weighted by Gasteiger charge is 2.18. The van der Waals surface area contributed by atoms with E-state index in [-0.39, 0.29) is 10.6 Å². The third kappa shape index (κ3) is 3.48. The molecule has 0 amide bonds. The van der Waals surface area contributed by atoms with Crippen molar-refractivity contribution < 1.29 is 10.0 Å². The van der Waals surface area contributed by atoms with Gasteiger partial charge in [0.25, 0.3) is 5.56 Å². The second-order valence-electron chi connectivity index (χ2n) is 5.95. The molecule has 0 radical (unpaired) electrons. The molecule has 0 bridgehead atoms. The number of phenolic OH excluding ortho intramolecular Hbond substituents is 1. The number of benzene rings is 2. The van der Waals surface area contributed by atoms with E-state index in [1.165, 1.54) is 23.7 Å². The van der Waals surface area contributed by atoms with Crippen LogP contribution in [-0.2, 0) is 0 Å². The maximum absolute atomic E-state index is 13.0. The van der Waals surface area contributed by atoms with Gasteiger partial charge in [-0.1, -0.05) is 41.9 Å². The fourth-order valence-electron chi connectivity index (χ4n) is 2.80. The first kappa shape index (κ1) is 18.8. The van der Waals surface area contributed by atoms with Crippen molar-refractivity contribution in [2.24, 2.45) is 5.10 Å². The topological polar surface area (TPSA) is 111 Å². The van der Waals surface area contributed by atoms with E-state index in [0.717, 1.165) is 28.1 Å². The highest BCUT2D eigenvalue weighted by molar-refractivity contribution is 7.17. The van der Waals surface area contributed by atoms with Crippen LogP contribution in [0.2, 0.25) is 5.02 Å². The number of aromatic hydroxyl groups is 1. The van der Waals surface area contributed by atoms with E-state index in [2.05, 4.69) is 10.1 Å². The molecule has 29 heavy (non-hydrogen) atoms. The molecule has 0 atom stereocenters. The zero-order valence-electron chi connectivity index (χ0n) is 14.5. The second kappa shape index (κ2) is 7.46. The second-order valence-corrected chi connectivity index (χ2v) is 7.25. The lowest BCUT2D eigenvalue weighted by Crippen LogP contribution is -2.16. The summed E-state index contributed by atoms with van der Waals surface area (Å²) in [6.07, 6.45) is 2.38. The van der Waals surface area contributed by atoms with Gasteiger partial charge in [-0.3, -0.25) is 14.9 Å². The number of rotatable bonds is 4. The Labute approximate surface area is 172 Å². The van der Waals surface area contributed by atoms with Crippen molar-refractivity contribution in [3.63, 3.8) is 0 Å². The van der Waals surface area contributed by atoms with Crippen LogP contribution in [0.4, 0.5) is 5.69 Å². The number of hydrogen-bond donors (Lipinski definition) is 1. The van der Waals surface area contributed by atoms with Crippen molar-refractivity contribution >= 4 is 45.1 Å². The number of nitro benzene ring substituents is 1. The van der Waals surface area contributed by atoms with E-state index in [9.17, 15) is 20.0 Å². The minimum atomic E-state index is -0.754. The fourth-order valence-corrected chi connectivity index (χ4v) is 3.93. The summed E-state index contributed by atoms with van der Waals surface area (Å²) in [5.74, 6) is -0.592. The monoisotopic (exact) mass is 426 g/mol. The molecule has 2 aromatic carbocycles. The Morgan fingerprint density at radius 2 is 2.03 bits per heavy atom. The summed E-state index contributed by atoms with van der Waals surface area (Å²) in [7, 11) is 0. The fraction of sp³-hybridized carbons (Fsp3) is 0. The Kier molecular flexibility index (Phi) is 4.83. The molecule has 2 heterocycles. The summed E-state index contributed by atoms with van der Waals surface area (Å²) in [4.78, 5) is 28.0. The van der Waals surface area contributed by atoms with Gasteiger partial charge in [0, 0.05) is 27.6 Å². The molecule has 0 fully saturated rings. The first-order chi connectivity index (χ1) is 14.0. The van der Waals surface area contributed by atoms with E-state index in [4.69, 9.17) is 11.6 Å². The number of thiophene rings is 1. The minimum absolute atomic E-state index is 0.00444. The van der Waals surface area contributed by atoms with Gasteiger partial charge >= 0.3 is 5.69 Å². The lowest BCUT2D eigenvalue weighted by atomic mass is 10.1. The van der Waals surface area contributed by atoms with Gasteiger partial charge in [0.1, 0.15) is 11.2 Å². The molecule has 0 saturated heterocycles. The molecule has 0 saturated carbocycles. The Morgan fingerprint density at radius 1 is 1.28 bits per heavy atom. The van der Waals surface area contributed by atoms with Crippen LogP contribution in [0.25, 0.3) is 21.3 Å². The third-order valence-electron chi connectivity index (χ3n) is 4.16. The third-order valence-corrected chi connectivity index (χ3v) is 5.27. The minimum Gasteiger partial charge on any atom is -0.502 e. The van der Waals surface area contributed by atoms with Crippen molar-refractivity contribution in [1.29, 1.82) is 0 Å². The molecule has 1 N–H and O–H groups in total. The molecule has 4 rings (SSSR count). The first-order valence-corrected chi connectivity index (χ1v) is 9.47. The predicted octanol–water partition coefficient (Wildman–Crippen LogP) is 4.27. The highest BCUT2D eigenvalue weighted by Crippen LogP contribution is 2.32. The SMILES string of the molecule is O=c1c2c(-c3ccccc3)csc2ncn1/N=C/c1cc(Cl)cc([N+](=O)[O-])c1O. The van der Waals surface area contributed by atoms with E-state index in [1.807, 2.05) is 35.7 Å². The van der Waals surface area contributed by atoms with Gasteiger partial charge in [0.15, 0.2) is 0 Å². The highest BCUT2D eigenvalue weighted by atomic mass is 35.5. The lowest BCUT2D eigenvalue weighted by molar-refractivity contribution is -0.385. The van der Waals surface area contributed by atoms with Crippen molar-refractivity contribution in [2.75, 3.05) is 0 Å². The zero-order chi connectivity index (χ0) is 20.5. The van der Waals surface area contributed by atoms with E-state index < -0.39 is 21.9 Å². The number of nitrogens with zero attached hydrogens (tertiary/aromatic N) is 4. The molecule has 10 heteroatoms. The molecular weight excluding hydrogens is 416 g/mol. The van der Waals surface area contributed by atoms with Crippen molar-refractivity contribution in [2.45, 2.75) is 0 Å². The Hall–Kier alpha value is -3.56. The average molecular weight is 427 g/mol. The average Bonchev–Trinajstić information content (AvgIpc) is 3.15. The van der Waals surface area contributed by atoms with Gasteiger partial charge in [0.2, 0.25) is 5.75 Å². The zero-order valence-corrected chi connectivity index (χ0v) is 16.1. The molecule has 0 spiro atoms. The van der Waals surface area contributed by atoms with Gasteiger partial charge < -0.3 is 5.11 Å². The van der Waals surface area contributed by atoms with Gasteiger partial charge in [-0.25, -0.2) is 4.98 Å². The van der Waals surface area contributed by atoms with Crippen LogP contribution in [-0.4, -0.2) is 25.9 Å². The predicted molar refractivity (Wildman–Crippen MR) is 112 cm³/mol. The maximum atomic E-state index is 13.0. The normalized spacial score (nSPS) is 11.3. The standard InChI is InChI=1S/C19H11ClN4O4S/c20-13-6-12(17(25)15(7-13)24(27)28)8-22-23-10-21-18-16(19(23)26)14(9-29-18)11-4-2-1-3-5-11/h1-10,25H/b22-8+. The van der Waals surface area contributed by atoms with Gasteiger partial charge in [0.05, 0.1) is 16.5 Å². The summed E-state index contributed by atoms with van der Waals surface area (Å²) in [6.45, 7) is 0. The molecule has 0 aliphatic heterocycles. The van der Waals surface area contributed by atoms with Gasteiger partial charge in [-0.15, -0.1) is 11.3 Å². The largest absolute Gasteiger partial charge is 0.502 e. The van der Waals surface area contributed by atoms with Crippen molar-refractivity contribution in [3.8, 4) is 16.9 Å². The molecule has 0 aliphatic carbocycles. The molecule has 8 nitrogen and oxygen atoms in total. The van der Waals surface area contributed by atoms with E-state index in [0.29, 0.717) is 10.2 Å². The van der Waals surface area contributed by atoms with Crippen LogP contribution in [0.1, 0.15) is 5.56 Å². The number of phenols is 1. The Morgan fingerprint density at radius 3 is 2.76 bits per heavy atom. The number of fused-ring (bicyclic) bond motifs is 1. The summed E-state index contributed by atoms with van der Waals surface area (Å²) in [5, 5.41) is 27.4. The Bertz CT molecular complexity index is 1330. The number of hydrogen-bond acceptors (Lipinski definition) is 7. The van der Waals surface area contributed by atoms with E-state index >= 15 is 0 Å². The first-order valence-electron chi connectivity index (χ1n) is 8.21. The van der Waals surface area contributed by atoms with Crippen LogP contribution < -0.4 is 5.56 Å². The molecule has 0 aliphatic rings. The smallest absolute Gasteiger partial charge is 0.312 e. The van der Waals surface area contributed by atoms with Crippen LogP contribution in [0.15, 0.2) is 64.1 Å².